The van der Waals surface area contributed by atoms with E-state index in [1.165, 1.54) is 6.07 Å². The molecule has 3 aromatic rings. The number of aromatic nitrogens is 3. The van der Waals surface area contributed by atoms with Crippen LogP contribution < -0.4 is 10.5 Å². The number of anilines is 1. The fourth-order valence-corrected chi connectivity index (χ4v) is 3.89. The second-order valence-corrected chi connectivity index (χ2v) is 8.13. The fraction of sp³-hybridized carbons (Fsp3) is 0.391. The summed E-state index contributed by atoms with van der Waals surface area (Å²) >= 11 is 0. The summed E-state index contributed by atoms with van der Waals surface area (Å²) in [6.45, 7) is 8.72. The van der Waals surface area contributed by atoms with Gasteiger partial charge in [0, 0.05) is 62.4 Å². The van der Waals surface area contributed by atoms with Gasteiger partial charge in [-0.2, -0.15) is 0 Å². The third kappa shape index (κ3) is 3.67. The van der Waals surface area contributed by atoms with Crippen LogP contribution in [0.2, 0.25) is 0 Å². The van der Waals surface area contributed by atoms with Crippen LogP contribution in [-0.4, -0.2) is 51.5 Å². The molecule has 0 saturated carbocycles. The number of carbonyl (C=O) groups is 1. The highest BCUT2D eigenvalue weighted by Gasteiger charge is 2.25. The monoisotopic (exact) mass is 405 g/mol. The lowest BCUT2D eigenvalue weighted by atomic mass is 10.1. The van der Waals surface area contributed by atoms with E-state index in [-0.39, 0.29) is 17.4 Å². The number of para-hydroxylation sites is 1. The number of carbonyl (C=O) groups excluding carboxylic acids is 1. The first kappa shape index (κ1) is 20.1. The summed E-state index contributed by atoms with van der Waals surface area (Å²) in [6.07, 6.45) is 0. The molecule has 0 bridgehead atoms. The zero-order valence-electron chi connectivity index (χ0n) is 17.9. The molecule has 0 radical (unpaired) electrons. The third-order valence-corrected chi connectivity index (χ3v) is 5.65. The van der Waals surface area contributed by atoms with Gasteiger partial charge in [0.2, 0.25) is 0 Å². The molecule has 7 heteroatoms. The summed E-state index contributed by atoms with van der Waals surface area (Å²) in [5.41, 5.74) is 2.02. The second-order valence-electron chi connectivity index (χ2n) is 8.13. The summed E-state index contributed by atoms with van der Waals surface area (Å²) in [4.78, 5) is 38.9. The SMILES string of the molecule is Cc1cc(N2CCN(C(=O)c3cc(=O)n(C)c4ccccc34)CC2)nc(C(C)C)n1. The van der Waals surface area contributed by atoms with E-state index >= 15 is 0 Å². The smallest absolute Gasteiger partial charge is 0.254 e. The number of benzene rings is 1. The number of piperazine rings is 1. The van der Waals surface area contributed by atoms with Crippen molar-refractivity contribution in [3.05, 3.63) is 63.8 Å². The van der Waals surface area contributed by atoms with Crippen LogP contribution in [0.4, 0.5) is 5.82 Å². The minimum absolute atomic E-state index is 0.0923. The van der Waals surface area contributed by atoms with E-state index in [0.29, 0.717) is 31.7 Å². The highest BCUT2D eigenvalue weighted by Crippen LogP contribution is 2.21. The molecule has 0 unspecified atom stereocenters. The number of hydrogen-bond donors (Lipinski definition) is 0. The van der Waals surface area contributed by atoms with Gasteiger partial charge in [-0.3, -0.25) is 9.59 Å². The molecular weight excluding hydrogens is 378 g/mol. The van der Waals surface area contributed by atoms with E-state index in [9.17, 15) is 9.59 Å². The fourth-order valence-electron chi connectivity index (χ4n) is 3.89. The first-order chi connectivity index (χ1) is 14.3. The molecule has 7 nitrogen and oxygen atoms in total. The Labute approximate surface area is 176 Å². The maximum atomic E-state index is 13.3. The van der Waals surface area contributed by atoms with Gasteiger partial charge >= 0.3 is 0 Å². The molecule has 1 aliphatic rings. The van der Waals surface area contributed by atoms with Crippen LogP contribution >= 0.6 is 0 Å². The van der Waals surface area contributed by atoms with Crippen molar-refractivity contribution < 1.29 is 4.79 Å². The van der Waals surface area contributed by atoms with Gasteiger partial charge in [0.1, 0.15) is 11.6 Å². The van der Waals surface area contributed by atoms with Crippen molar-refractivity contribution in [2.75, 3.05) is 31.1 Å². The number of aryl methyl sites for hydroxylation is 2. The average Bonchev–Trinajstić information content (AvgIpc) is 2.75. The maximum Gasteiger partial charge on any atom is 0.254 e. The molecule has 0 N–H and O–H groups in total. The minimum atomic E-state index is -0.173. The zero-order valence-corrected chi connectivity index (χ0v) is 17.9. The zero-order chi connectivity index (χ0) is 21.4. The molecule has 1 amide bonds. The molecule has 30 heavy (non-hydrogen) atoms. The molecule has 0 atom stereocenters. The molecule has 2 aromatic heterocycles. The Bertz CT molecular complexity index is 1160. The quantitative estimate of drug-likeness (QED) is 0.670. The van der Waals surface area contributed by atoms with Gasteiger partial charge in [-0.15, -0.1) is 0 Å². The lowest BCUT2D eigenvalue weighted by molar-refractivity contribution is 0.0748. The van der Waals surface area contributed by atoms with Crippen LogP contribution in [0.3, 0.4) is 0 Å². The Kier molecular flexibility index (Phi) is 5.28. The van der Waals surface area contributed by atoms with E-state index in [1.54, 1.807) is 11.6 Å². The molecule has 0 aliphatic carbocycles. The highest BCUT2D eigenvalue weighted by atomic mass is 16.2. The molecule has 1 fully saturated rings. The average molecular weight is 406 g/mol. The number of hydrogen-bond acceptors (Lipinski definition) is 5. The standard InChI is InChI=1S/C23H27N5O2/c1-15(2)22-24-16(3)13-20(25-22)27-9-11-28(12-10-27)23(30)18-14-21(29)26(4)19-8-6-5-7-17(18)19/h5-8,13-15H,9-12H2,1-4H3. The van der Waals surface area contributed by atoms with Crippen molar-refractivity contribution in [1.29, 1.82) is 0 Å². The largest absolute Gasteiger partial charge is 0.353 e. The molecule has 1 aliphatic heterocycles. The van der Waals surface area contributed by atoms with E-state index < -0.39 is 0 Å². The van der Waals surface area contributed by atoms with Crippen LogP contribution in [0.15, 0.2) is 41.2 Å². The van der Waals surface area contributed by atoms with Crippen molar-refractivity contribution in [2.24, 2.45) is 7.05 Å². The summed E-state index contributed by atoms with van der Waals surface area (Å²) in [6, 6.07) is 11.0. The van der Waals surface area contributed by atoms with Crippen molar-refractivity contribution in [3.8, 4) is 0 Å². The van der Waals surface area contributed by atoms with Crippen LogP contribution in [0.1, 0.15) is 41.6 Å². The predicted octanol–water partition coefficient (Wildman–Crippen LogP) is 2.72. The van der Waals surface area contributed by atoms with Crippen LogP contribution in [0, 0.1) is 6.92 Å². The highest BCUT2D eigenvalue weighted by molar-refractivity contribution is 6.06. The summed E-state index contributed by atoms with van der Waals surface area (Å²) in [5.74, 6) is 1.93. The number of fused-ring (bicyclic) bond motifs is 1. The van der Waals surface area contributed by atoms with Crippen molar-refractivity contribution in [3.63, 3.8) is 0 Å². The normalized spacial score (nSPS) is 14.6. The Hall–Kier alpha value is -3.22. The van der Waals surface area contributed by atoms with Crippen LogP contribution in [0.5, 0.6) is 0 Å². The third-order valence-electron chi connectivity index (χ3n) is 5.65. The molecule has 4 rings (SSSR count). The summed E-state index contributed by atoms with van der Waals surface area (Å²) in [5, 5.41) is 0.806. The van der Waals surface area contributed by atoms with Gasteiger partial charge in [0.15, 0.2) is 0 Å². The Morgan fingerprint density at radius 2 is 1.73 bits per heavy atom. The first-order valence-electron chi connectivity index (χ1n) is 10.3. The van der Waals surface area contributed by atoms with Crippen LogP contribution in [0.25, 0.3) is 10.9 Å². The van der Waals surface area contributed by atoms with Gasteiger partial charge < -0.3 is 14.4 Å². The van der Waals surface area contributed by atoms with Crippen molar-refractivity contribution in [1.82, 2.24) is 19.4 Å². The van der Waals surface area contributed by atoms with E-state index in [0.717, 1.165) is 28.2 Å². The number of amides is 1. The number of rotatable bonds is 3. The van der Waals surface area contributed by atoms with Crippen molar-refractivity contribution in [2.45, 2.75) is 26.7 Å². The topological polar surface area (TPSA) is 71.3 Å². The Morgan fingerprint density at radius 1 is 1.03 bits per heavy atom. The predicted molar refractivity (Wildman–Crippen MR) is 118 cm³/mol. The second kappa shape index (κ2) is 7.89. The Morgan fingerprint density at radius 3 is 2.43 bits per heavy atom. The van der Waals surface area contributed by atoms with Gasteiger partial charge in [-0.1, -0.05) is 32.0 Å². The molecule has 3 heterocycles. The minimum Gasteiger partial charge on any atom is -0.353 e. The summed E-state index contributed by atoms with van der Waals surface area (Å²) < 4.78 is 1.58. The lowest BCUT2D eigenvalue weighted by Gasteiger charge is -2.36. The lowest BCUT2D eigenvalue weighted by Crippen LogP contribution is -2.49. The van der Waals surface area contributed by atoms with Gasteiger partial charge in [0.05, 0.1) is 11.1 Å². The van der Waals surface area contributed by atoms with Gasteiger partial charge in [-0.25, -0.2) is 9.97 Å². The summed E-state index contributed by atoms with van der Waals surface area (Å²) in [7, 11) is 1.73. The van der Waals surface area contributed by atoms with Gasteiger partial charge in [-0.05, 0) is 13.0 Å². The molecule has 156 valence electrons. The first-order valence-corrected chi connectivity index (χ1v) is 10.3. The Balaban J connectivity index is 1.56. The molecular formula is C23H27N5O2. The molecule has 1 aromatic carbocycles. The van der Waals surface area contributed by atoms with E-state index in [1.807, 2.05) is 42.2 Å². The molecule has 0 spiro atoms. The molecule has 1 saturated heterocycles. The van der Waals surface area contributed by atoms with Crippen LogP contribution in [-0.2, 0) is 7.05 Å². The number of nitrogens with zero attached hydrogens (tertiary/aromatic N) is 5. The maximum absolute atomic E-state index is 13.3. The van der Waals surface area contributed by atoms with Gasteiger partial charge in [0.25, 0.3) is 11.5 Å². The van der Waals surface area contributed by atoms with E-state index in [4.69, 9.17) is 4.98 Å². The van der Waals surface area contributed by atoms with E-state index in [2.05, 4.69) is 23.7 Å². The van der Waals surface area contributed by atoms with Crippen molar-refractivity contribution >= 4 is 22.6 Å². The number of pyridine rings is 1.